The molecule has 0 saturated carbocycles. The molecule has 0 bridgehead atoms. The van der Waals surface area contributed by atoms with Gasteiger partial charge in [-0.15, -0.1) is 0 Å². The van der Waals surface area contributed by atoms with Crippen molar-refractivity contribution in [3.05, 3.63) is 88.0 Å². The zero-order valence-corrected chi connectivity index (χ0v) is 17.4. The summed E-state index contributed by atoms with van der Waals surface area (Å²) in [6, 6.07) is 2.19. The third-order valence-electron chi connectivity index (χ3n) is 4.87. The van der Waals surface area contributed by atoms with Crippen molar-refractivity contribution in [1.29, 1.82) is 0 Å². The molecule has 0 aromatic heterocycles. The number of aryl methyl sites for hydroxylation is 1. The molecule has 1 nitrogen and oxygen atoms in total. The molecule has 0 aliphatic carbocycles. The van der Waals surface area contributed by atoms with E-state index in [9.17, 15) is 48.3 Å². The van der Waals surface area contributed by atoms with Gasteiger partial charge in [0.05, 0.1) is 0 Å². The summed E-state index contributed by atoms with van der Waals surface area (Å²) in [5, 5.41) is 0. The van der Waals surface area contributed by atoms with Crippen LogP contribution in [0.2, 0.25) is 0 Å². The minimum absolute atomic E-state index is 0.0118. The Hall–Kier alpha value is -3.31. The fourth-order valence-corrected chi connectivity index (χ4v) is 3.36. The standard InChI is InChI=1S/C23H13F11O/c1-2-3-10-4-5-13(21(29)20(10)28)11-6-14(24)19(15(25)7-11)23(33,34)35-12-8-16(26)18(17(27)9-12)22(30,31)32/h4-9H,2-3H2,1H3. The van der Waals surface area contributed by atoms with Crippen LogP contribution in [-0.4, -0.2) is 0 Å². The van der Waals surface area contributed by atoms with Gasteiger partial charge in [-0.1, -0.05) is 25.5 Å². The Morgan fingerprint density at radius 2 is 1.20 bits per heavy atom. The molecule has 0 heterocycles. The molecular weight excluding hydrogens is 501 g/mol. The van der Waals surface area contributed by atoms with Crippen LogP contribution in [0.1, 0.15) is 30.0 Å². The van der Waals surface area contributed by atoms with Crippen LogP contribution in [0.5, 0.6) is 5.75 Å². The third-order valence-corrected chi connectivity index (χ3v) is 4.87. The van der Waals surface area contributed by atoms with Gasteiger partial charge in [0, 0.05) is 17.7 Å². The smallest absolute Gasteiger partial charge is 0.429 e. The van der Waals surface area contributed by atoms with E-state index in [1.165, 1.54) is 0 Å². The number of rotatable bonds is 6. The molecule has 0 saturated heterocycles. The molecule has 35 heavy (non-hydrogen) atoms. The highest BCUT2D eigenvalue weighted by Crippen LogP contribution is 2.40. The van der Waals surface area contributed by atoms with E-state index in [4.69, 9.17) is 0 Å². The summed E-state index contributed by atoms with van der Waals surface area (Å²) in [5.74, 6) is -12.9. The van der Waals surface area contributed by atoms with Gasteiger partial charge in [0.25, 0.3) is 0 Å². The van der Waals surface area contributed by atoms with Gasteiger partial charge in [-0.05, 0) is 29.7 Å². The molecule has 0 unspecified atom stereocenters. The van der Waals surface area contributed by atoms with E-state index in [1.54, 1.807) is 6.92 Å². The lowest BCUT2D eigenvalue weighted by molar-refractivity contribution is -0.189. The molecule has 0 N–H and O–H groups in total. The fourth-order valence-electron chi connectivity index (χ4n) is 3.36. The normalized spacial score (nSPS) is 12.2. The van der Waals surface area contributed by atoms with Crippen LogP contribution in [0.4, 0.5) is 48.3 Å². The third kappa shape index (κ3) is 5.20. The molecule has 0 atom stereocenters. The second kappa shape index (κ2) is 9.38. The summed E-state index contributed by atoms with van der Waals surface area (Å²) in [4.78, 5) is 0. The zero-order valence-electron chi connectivity index (χ0n) is 17.4. The maximum Gasteiger partial charge on any atom is 0.432 e. The minimum Gasteiger partial charge on any atom is -0.429 e. The van der Waals surface area contributed by atoms with Crippen LogP contribution in [-0.2, 0) is 18.7 Å². The Bertz CT molecular complexity index is 1220. The molecular formula is C23H13F11O. The van der Waals surface area contributed by atoms with Crippen molar-refractivity contribution in [2.75, 3.05) is 0 Å². The highest BCUT2D eigenvalue weighted by molar-refractivity contribution is 5.65. The van der Waals surface area contributed by atoms with Crippen molar-refractivity contribution in [1.82, 2.24) is 0 Å². The molecule has 0 fully saturated rings. The first-order valence-corrected chi connectivity index (χ1v) is 9.77. The Morgan fingerprint density at radius 3 is 1.69 bits per heavy atom. The summed E-state index contributed by atoms with van der Waals surface area (Å²) in [6.45, 7) is 1.70. The lowest BCUT2D eigenvalue weighted by atomic mass is 9.99. The average Bonchev–Trinajstić information content (AvgIpc) is 2.68. The summed E-state index contributed by atoms with van der Waals surface area (Å²) < 4.78 is 156. The molecule has 188 valence electrons. The van der Waals surface area contributed by atoms with Gasteiger partial charge in [-0.25, -0.2) is 26.3 Å². The maximum absolute atomic E-state index is 14.5. The summed E-state index contributed by atoms with van der Waals surface area (Å²) in [6.07, 6.45) is -9.83. The highest BCUT2D eigenvalue weighted by Gasteiger charge is 2.43. The van der Waals surface area contributed by atoms with Crippen LogP contribution in [0.3, 0.4) is 0 Å². The molecule has 3 aromatic rings. The lowest BCUT2D eigenvalue weighted by Gasteiger charge is -2.21. The van der Waals surface area contributed by atoms with Crippen LogP contribution in [0.15, 0.2) is 36.4 Å². The van der Waals surface area contributed by atoms with E-state index in [2.05, 4.69) is 4.74 Å². The van der Waals surface area contributed by atoms with Crippen molar-refractivity contribution < 1.29 is 53.0 Å². The van der Waals surface area contributed by atoms with Crippen molar-refractivity contribution >= 4 is 0 Å². The number of hydrogen-bond acceptors (Lipinski definition) is 1. The number of benzene rings is 3. The number of hydrogen-bond donors (Lipinski definition) is 0. The fraction of sp³-hybridized carbons (Fsp3) is 0.217. The lowest BCUT2D eigenvalue weighted by Crippen LogP contribution is -2.25. The first-order chi connectivity index (χ1) is 16.2. The molecule has 0 radical (unpaired) electrons. The van der Waals surface area contributed by atoms with Gasteiger partial charge in [-0.2, -0.15) is 22.0 Å². The van der Waals surface area contributed by atoms with Crippen LogP contribution >= 0.6 is 0 Å². The maximum atomic E-state index is 14.5. The zero-order chi connectivity index (χ0) is 26.3. The average molecular weight is 514 g/mol. The quantitative estimate of drug-likeness (QED) is 0.301. The highest BCUT2D eigenvalue weighted by atomic mass is 19.4. The van der Waals surface area contributed by atoms with E-state index < -0.39 is 75.2 Å². The largest absolute Gasteiger partial charge is 0.432 e. The number of halogens is 11. The number of alkyl halides is 5. The van der Waals surface area contributed by atoms with E-state index in [0.29, 0.717) is 6.42 Å². The van der Waals surface area contributed by atoms with E-state index in [-0.39, 0.29) is 36.2 Å². The molecule has 0 amide bonds. The Balaban J connectivity index is 2.00. The Morgan fingerprint density at radius 1 is 0.686 bits per heavy atom. The van der Waals surface area contributed by atoms with E-state index >= 15 is 0 Å². The summed E-state index contributed by atoms with van der Waals surface area (Å²) >= 11 is 0. The van der Waals surface area contributed by atoms with Crippen molar-refractivity contribution in [3.8, 4) is 16.9 Å². The molecule has 0 spiro atoms. The first-order valence-electron chi connectivity index (χ1n) is 9.77. The topological polar surface area (TPSA) is 9.23 Å². The van der Waals surface area contributed by atoms with Crippen molar-refractivity contribution in [2.45, 2.75) is 32.1 Å². The summed E-state index contributed by atoms with van der Waals surface area (Å²) in [7, 11) is 0. The van der Waals surface area contributed by atoms with Gasteiger partial charge in [-0.3, -0.25) is 0 Å². The van der Waals surface area contributed by atoms with Gasteiger partial charge >= 0.3 is 12.3 Å². The predicted octanol–water partition coefficient (Wildman–Crippen LogP) is 8.29. The van der Waals surface area contributed by atoms with Crippen LogP contribution in [0, 0.1) is 34.9 Å². The molecule has 0 aliphatic rings. The monoisotopic (exact) mass is 514 g/mol. The number of ether oxygens (including phenoxy) is 1. The molecule has 12 heteroatoms. The van der Waals surface area contributed by atoms with E-state index in [1.807, 2.05) is 0 Å². The van der Waals surface area contributed by atoms with Gasteiger partial charge in [0.2, 0.25) is 0 Å². The Labute approximate surface area is 190 Å². The first kappa shape index (κ1) is 26.3. The molecule has 3 aromatic carbocycles. The van der Waals surface area contributed by atoms with Crippen LogP contribution < -0.4 is 4.74 Å². The second-order valence-corrected chi connectivity index (χ2v) is 7.34. The summed E-state index contributed by atoms with van der Waals surface area (Å²) in [5.41, 5.74) is -5.75. The van der Waals surface area contributed by atoms with Gasteiger partial charge in [0.1, 0.15) is 40.1 Å². The molecule has 0 aliphatic heterocycles. The molecule has 3 rings (SSSR count). The minimum atomic E-state index is -5.49. The van der Waals surface area contributed by atoms with Gasteiger partial charge in [0.15, 0.2) is 11.6 Å². The van der Waals surface area contributed by atoms with Crippen LogP contribution in [0.25, 0.3) is 11.1 Å². The van der Waals surface area contributed by atoms with Crippen molar-refractivity contribution in [2.24, 2.45) is 0 Å². The van der Waals surface area contributed by atoms with Gasteiger partial charge < -0.3 is 4.74 Å². The second-order valence-electron chi connectivity index (χ2n) is 7.34. The van der Waals surface area contributed by atoms with E-state index in [0.717, 1.165) is 12.1 Å². The Kier molecular flexibility index (Phi) is 7.05. The SMILES string of the molecule is CCCc1ccc(-c2cc(F)c(C(F)(F)Oc3cc(F)c(C(F)(F)F)c(F)c3)c(F)c2)c(F)c1F. The predicted molar refractivity (Wildman–Crippen MR) is 102 cm³/mol. The van der Waals surface area contributed by atoms with Crippen molar-refractivity contribution in [3.63, 3.8) is 0 Å².